The van der Waals surface area contributed by atoms with Crippen LogP contribution in [0.15, 0.2) is 53.1 Å². The van der Waals surface area contributed by atoms with Crippen molar-refractivity contribution in [3.05, 3.63) is 77.0 Å². The smallest absolute Gasteiger partial charge is 0.273 e. The standard InChI is InChI=1S/C25H30N4O4/c1-18-5-4-6-19(11-18)13-29(14-20-7-8-22-23(12-20)33-17-32-22)15-24-27-21(16-31-24)25(30)26-9-10-28(2)3/h4-8,11-12,16H,9-10,13-15,17H2,1-3H3,(H,26,30). The first kappa shape index (κ1) is 22.8. The van der Waals surface area contributed by atoms with E-state index in [0.717, 1.165) is 23.6 Å². The minimum atomic E-state index is -0.229. The van der Waals surface area contributed by atoms with Crippen LogP contribution in [0.4, 0.5) is 0 Å². The molecule has 33 heavy (non-hydrogen) atoms. The predicted molar refractivity (Wildman–Crippen MR) is 124 cm³/mol. The zero-order chi connectivity index (χ0) is 23.2. The summed E-state index contributed by atoms with van der Waals surface area (Å²) in [6.07, 6.45) is 1.42. The number of likely N-dealkylation sites (N-methyl/N-ethyl adjacent to an activating group) is 1. The monoisotopic (exact) mass is 450 g/mol. The number of aryl methyl sites for hydroxylation is 1. The lowest BCUT2D eigenvalue weighted by Gasteiger charge is -2.21. The Bertz CT molecular complexity index is 1100. The average Bonchev–Trinajstić information content (AvgIpc) is 3.42. The number of hydrogen-bond donors (Lipinski definition) is 1. The molecule has 4 rings (SSSR count). The van der Waals surface area contributed by atoms with Crippen molar-refractivity contribution in [1.29, 1.82) is 0 Å². The molecule has 0 saturated carbocycles. The number of carbonyl (C=O) groups excluding carboxylic acids is 1. The van der Waals surface area contributed by atoms with Gasteiger partial charge in [0.1, 0.15) is 6.26 Å². The van der Waals surface area contributed by atoms with Crippen molar-refractivity contribution in [3.63, 3.8) is 0 Å². The minimum absolute atomic E-state index is 0.229. The molecule has 1 aliphatic rings. The van der Waals surface area contributed by atoms with E-state index in [4.69, 9.17) is 13.9 Å². The minimum Gasteiger partial charge on any atom is -0.454 e. The lowest BCUT2D eigenvalue weighted by atomic mass is 10.1. The maximum Gasteiger partial charge on any atom is 0.273 e. The number of carbonyl (C=O) groups is 1. The summed E-state index contributed by atoms with van der Waals surface area (Å²) in [6, 6.07) is 14.4. The van der Waals surface area contributed by atoms with E-state index in [1.165, 1.54) is 17.4 Å². The molecule has 1 amide bonds. The Kier molecular flexibility index (Phi) is 7.26. The third kappa shape index (κ3) is 6.34. The number of ether oxygens (including phenoxy) is 2. The molecule has 0 radical (unpaired) electrons. The van der Waals surface area contributed by atoms with Crippen molar-refractivity contribution in [2.24, 2.45) is 0 Å². The molecule has 1 N–H and O–H groups in total. The molecule has 8 heteroatoms. The predicted octanol–water partition coefficient (Wildman–Crippen LogP) is 3.21. The van der Waals surface area contributed by atoms with E-state index in [-0.39, 0.29) is 12.7 Å². The van der Waals surface area contributed by atoms with Crippen molar-refractivity contribution in [3.8, 4) is 11.5 Å². The first-order valence-electron chi connectivity index (χ1n) is 11.0. The maximum absolute atomic E-state index is 12.4. The van der Waals surface area contributed by atoms with E-state index in [0.29, 0.717) is 37.8 Å². The Hall–Kier alpha value is -3.36. The third-order valence-corrected chi connectivity index (χ3v) is 5.32. The summed E-state index contributed by atoms with van der Waals surface area (Å²) < 4.78 is 16.6. The molecule has 2 heterocycles. The number of benzene rings is 2. The maximum atomic E-state index is 12.4. The van der Waals surface area contributed by atoms with Crippen LogP contribution in [-0.2, 0) is 19.6 Å². The third-order valence-electron chi connectivity index (χ3n) is 5.32. The Morgan fingerprint density at radius 2 is 1.82 bits per heavy atom. The molecule has 0 aliphatic carbocycles. The molecule has 1 aromatic heterocycles. The summed E-state index contributed by atoms with van der Waals surface area (Å²) in [5.74, 6) is 1.80. The van der Waals surface area contributed by atoms with Gasteiger partial charge in [-0.1, -0.05) is 35.9 Å². The van der Waals surface area contributed by atoms with Gasteiger partial charge in [-0.15, -0.1) is 0 Å². The van der Waals surface area contributed by atoms with Crippen LogP contribution in [-0.4, -0.2) is 54.7 Å². The van der Waals surface area contributed by atoms with Crippen LogP contribution >= 0.6 is 0 Å². The fourth-order valence-corrected chi connectivity index (χ4v) is 3.70. The molecule has 2 aromatic carbocycles. The summed E-state index contributed by atoms with van der Waals surface area (Å²) >= 11 is 0. The number of nitrogens with one attached hydrogen (secondary N) is 1. The Balaban J connectivity index is 1.46. The molecule has 0 atom stereocenters. The molecule has 0 spiro atoms. The van der Waals surface area contributed by atoms with Gasteiger partial charge in [0.2, 0.25) is 12.7 Å². The molecule has 1 aliphatic heterocycles. The van der Waals surface area contributed by atoms with Crippen molar-refractivity contribution >= 4 is 5.91 Å². The van der Waals surface area contributed by atoms with Gasteiger partial charge in [-0.25, -0.2) is 4.98 Å². The van der Waals surface area contributed by atoms with Gasteiger partial charge >= 0.3 is 0 Å². The highest BCUT2D eigenvalue weighted by Gasteiger charge is 2.18. The molecule has 8 nitrogen and oxygen atoms in total. The second-order valence-corrected chi connectivity index (χ2v) is 8.51. The number of fused-ring (bicyclic) bond motifs is 1. The van der Waals surface area contributed by atoms with Gasteiger partial charge in [-0.3, -0.25) is 9.69 Å². The van der Waals surface area contributed by atoms with Gasteiger partial charge in [-0.05, 0) is 44.3 Å². The quantitative estimate of drug-likeness (QED) is 0.508. The molecule has 0 fully saturated rings. The van der Waals surface area contributed by atoms with Gasteiger partial charge in [0.25, 0.3) is 5.91 Å². The van der Waals surface area contributed by atoms with Crippen molar-refractivity contribution in [1.82, 2.24) is 20.1 Å². The van der Waals surface area contributed by atoms with E-state index in [2.05, 4.69) is 46.4 Å². The van der Waals surface area contributed by atoms with Gasteiger partial charge in [0.05, 0.1) is 6.54 Å². The Morgan fingerprint density at radius 1 is 1.03 bits per heavy atom. The molecule has 174 valence electrons. The Morgan fingerprint density at radius 3 is 2.61 bits per heavy atom. The van der Waals surface area contributed by atoms with Crippen LogP contribution < -0.4 is 14.8 Å². The molecule has 3 aromatic rings. The fourth-order valence-electron chi connectivity index (χ4n) is 3.70. The molecular formula is C25H30N4O4. The number of oxazole rings is 1. The van der Waals surface area contributed by atoms with Crippen LogP contribution in [0.5, 0.6) is 11.5 Å². The zero-order valence-electron chi connectivity index (χ0n) is 19.3. The van der Waals surface area contributed by atoms with Crippen molar-refractivity contribution < 1.29 is 18.7 Å². The lowest BCUT2D eigenvalue weighted by molar-refractivity contribution is 0.0946. The first-order valence-corrected chi connectivity index (χ1v) is 11.0. The summed E-state index contributed by atoms with van der Waals surface area (Å²) in [7, 11) is 3.92. The SMILES string of the molecule is Cc1cccc(CN(Cc2ccc3c(c2)OCO3)Cc2nc(C(=O)NCCN(C)C)co2)c1. The van der Waals surface area contributed by atoms with Gasteiger partial charge < -0.3 is 24.1 Å². The molecule has 0 bridgehead atoms. The summed E-state index contributed by atoms with van der Waals surface area (Å²) in [5, 5.41) is 2.86. The number of amides is 1. The second kappa shape index (κ2) is 10.5. The average molecular weight is 451 g/mol. The van der Waals surface area contributed by atoms with Gasteiger partial charge in [0, 0.05) is 26.2 Å². The number of hydrogen-bond acceptors (Lipinski definition) is 7. The van der Waals surface area contributed by atoms with E-state index in [9.17, 15) is 4.79 Å². The van der Waals surface area contributed by atoms with E-state index in [1.54, 1.807) is 0 Å². The topological polar surface area (TPSA) is 80.1 Å². The van der Waals surface area contributed by atoms with E-state index < -0.39 is 0 Å². The molecule has 0 unspecified atom stereocenters. The van der Waals surface area contributed by atoms with Crippen molar-refractivity contribution in [2.75, 3.05) is 34.0 Å². The summed E-state index contributed by atoms with van der Waals surface area (Å²) in [5.41, 5.74) is 3.80. The molecule has 0 saturated heterocycles. The number of rotatable bonds is 10. The van der Waals surface area contributed by atoms with Gasteiger partial charge in [0.15, 0.2) is 17.2 Å². The van der Waals surface area contributed by atoms with E-state index >= 15 is 0 Å². The van der Waals surface area contributed by atoms with Crippen LogP contribution in [0.2, 0.25) is 0 Å². The highest BCUT2D eigenvalue weighted by Crippen LogP contribution is 2.33. The van der Waals surface area contributed by atoms with Crippen LogP contribution in [0.3, 0.4) is 0 Å². The largest absolute Gasteiger partial charge is 0.454 e. The highest BCUT2D eigenvalue weighted by molar-refractivity contribution is 5.91. The fraction of sp³-hybridized carbons (Fsp3) is 0.360. The number of nitrogens with zero attached hydrogens (tertiary/aromatic N) is 3. The molecular weight excluding hydrogens is 420 g/mol. The zero-order valence-corrected chi connectivity index (χ0v) is 19.3. The number of aromatic nitrogens is 1. The normalized spacial score (nSPS) is 12.5. The van der Waals surface area contributed by atoms with Gasteiger partial charge in [-0.2, -0.15) is 0 Å². The lowest BCUT2D eigenvalue weighted by Crippen LogP contribution is -2.31. The van der Waals surface area contributed by atoms with Crippen LogP contribution in [0, 0.1) is 6.92 Å². The van der Waals surface area contributed by atoms with E-state index in [1.807, 2.05) is 37.2 Å². The Labute approximate surface area is 194 Å². The highest BCUT2D eigenvalue weighted by atomic mass is 16.7. The summed E-state index contributed by atoms with van der Waals surface area (Å²) in [4.78, 5) is 21.0. The second-order valence-electron chi connectivity index (χ2n) is 8.51. The first-order chi connectivity index (χ1) is 16.0. The van der Waals surface area contributed by atoms with Crippen molar-refractivity contribution in [2.45, 2.75) is 26.6 Å². The van der Waals surface area contributed by atoms with Crippen LogP contribution in [0.25, 0.3) is 0 Å². The van der Waals surface area contributed by atoms with Crippen LogP contribution in [0.1, 0.15) is 33.1 Å². The summed E-state index contributed by atoms with van der Waals surface area (Å²) in [6.45, 7) is 5.49.